The molecule has 38 heteroatoms. The Morgan fingerprint density at radius 1 is 0.286 bits per heavy atom. The third-order valence-electron chi connectivity index (χ3n) is 12.2. The molecule has 91 heavy (non-hydrogen) atoms. The van der Waals surface area contributed by atoms with E-state index in [1.165, 1.54) is 0 Å². The number of carbonyl (C=O) groups excluding carboxylic acids is 3. The smallest absolute Gasteiger partial charge is 0.329 e. The number of nitrogens with one attached hydrogen (secondary N) is 3. The Labute approximate surface area is 532 Å². The fraction of sp³-hybridized carbons (Fsp3) is 0.887. The number of ether oxygens (including phenoxy) is 14. The van der Waals surface area contributed by atoms with E-state index in [9.17, 15) is 57.1 Å². The van der Waals surface area contributed by atoms with Crippen molar-refractivity contribution in [3.8, 4) is 0 Å². The van der Waals surface area contributed by atoms with Gasteiger partial charge in [-0.1, -0.05) is 0 Å². The maximum absolute atomic E-state index is 13.6. The number of aliphatic carboxylic acids is 3. The predicted octanol–water partition coefficient (Wildman–Crippen LogP) is -2.02. The van der Waals surface area contributed by atoms with Gasteiger partial charge in [-0.25, -0.2) is 9.59 Å². The third kappa shape index (κ3) is 59.0. The van der Waals surface area contributed by atoms with Crippen LogP contribution in [0.4, 0.5) is 0 Å². The molecule has 0 aliphatic carbocycles. The lowest BCUT2D eigenvalue weighted by molar-refractivity contribution is -0.143. The van der Waals surface area contributed by atoms with Crippen LogP contribution in [0.3, 0.4) is 0 Å². The summed E-state index contributed by atoms with van der Waals surface area (Å²) in [7, 11) is -12.0. The summed E-state index contributed by atoms with van der Waals surface area (Å²) in [5.41, 5.74) is 0. The van der Waals surface area contributed by atoms with Gasteiger partial charge in [0.25, 0.3) is 0 Å². The molecule has 0 saturated carbocycles. The topological polar surface area (TPSA) is 450 Å². The summed E-state index contributed by atoms with van der Waals surface area (Å²) in [4.78, 5) is 108. The monoisotopic (exact) mass is 1380 g/mol. The minimum absolute atomic E-state index is 0.0819. The summed E-state index contributed by atoms with van der Waals surface area (Å²) in [5, 5.41) is 33.6. The molecule has 0 aromatic rings. The van der Waals surface area contributed by atoms with Crippen molar-refractivity contribution < 1.29 is 139 Å². The molecular formula is C53H103N6O29P3. The second-order valence-electron chi connectivity index (χ2n) is 20.2. The van der Waals surface area contributed by atoms with Crippen molar-refractivity contribution in [3.05, 3.63) is 0 Å². The van der Waals surface area contributed by atoms with Crippen LogP contribution < -0.4 is 16.0 Å². The van der Waals surface area contributed by atoms with Crippen LogP contribution in [0.5, 0.6) is 0 Å². The zero-order valence-corrected chi connectivity index (χ0v) is 55.2. The lowest BCUT2D eigenvalue weighted by atomic mass is 10.4. The highest BCUT2D eigenvalue weighted by Gasteiger charge is 2.31. The zero-order chi connectivity index (χ0) is 67.0. The van der Waals surface area contributed by atoms with Crippen LogP contribution in [-0.2, 0) is 109 Å². The highest BCUT2D eigenvalue weighted by Crippen LogP contribution is 2.44. The molecule has 1 rings (SSSR count). The number of carboxylic acid groups (broad SMARTS) is 3. The van der Waals surface area contributed by atoms with Gasteiger partial charge in [0.05, 0.1) is 197 Å². The van der Waals surface area contributed by atoms with E-state index < -0.39 is 57.7 Å². The molecule has 1 saturated heterocycles. The summed E-state index contributed by atoms with van der Waals surface area (Å²) >= 11 is 0. The fourth-order valence-electron chi connectivity index (χ4n) is 7.64. The molecule has 1 heterocycles. The lowest BCUT2D eigenvalue weighted by Gasteiger charge is -2.28. The van der Waals surface area contributed by atoms with Crippen LogP contribution in [0.15, 0.2) is 0 Å². The Morgan fingerprint density at radius 3 is 0.692 bits per heavy atom. The van der Waals surface area contributed by atoms with Gasteiger partial charge in [0.1, 0.15) is 13.2 Å². The second-order valence-corrected chi connectivity index (χ2v) is 27.4. The SMILES string of the molecule is O=C(O)CCOCCOCCOCCOCCNC(=O)CCP(=O)(O)CN1CCN(CP(=O)(O)CCC(=O)NCCOCCOCCOCCOCCOCC(=O)O)CCN(CP(=O)(O)CCC(=O)NCCOCCOCCOCCOCCOCC(=O)O)CC1. The van der Waals surface area contributed by atoms with Gasteiger partial charge >= 0.3 is 17.9 Å². The van der Waals surface area contributed by atoms with Crippen molar-refractivity contribution in [1.82, 2.24) is 30.7 Å². The van der Waals surface area contributed by atoms with Gasteiger partial charge in [-0.15, -0.1) is 0 Å². The minimum atomic E-state index is -4.00. The molecular weight excluding hydrogens is 1280 g/mol. The van der Waals surface area contributed by atoms with Gasteiger partial charge in [0.15, 0.2) is 0 Å². The molecule has 1 aliphatic rings. The van der Waals surface area contributed by atoms with E-state index in [1.54, 1.807) is 14.7 Å². The van der Waals surface area contributed by atoms with Crippen molar-refractivity contribution in [2.45, 2.75) is 25.7 Å². The molecule has 9 N–H and O–H groups in total. The van der Waals surface area contributed by atoms with Gasteiger partial charge in [-0.3, -0.25) is 47.6 Å². The number of carbonyl (C=O) groups is 6. The van der Waals surface area contributed by atoms with E-state index in [0.717, 1.165) is 0 Å². The molecule has 3 amide bonds. The third-order valence-corrected chi connectivity index (χ3v) is 17.5. The predicted molar refractivity (Wildman–Crippen MR) is 325 cm³/mol. The molecule has 1 aliphatic heterocycles. The lowest BCUT2D eigenvalue weighted by Crippen LogP contribution is -2.37. The molecule has 0 spiro atoms. The van der Waals surface area contributed by atoms with E-state index in [4.69, 9.17) is 81.6 Å². The van der Waals surface area contributed by atoms with Crippen molar-refractivity contribution in [2.75, 3.05) is 281 Å². The molecule has 0 bridgehead atoms. The number of hydrogen-bond acceptors (Lipinski definition) is 26. The summed E-state index contributed by atoms with van der Waals surface area (Å²) in [6.45, 7) is 7.25. The molecule has 534 valence electrons. The number of carboxylic acids is 3. The van der Waals surface area contributed by atoms with E-state index in [1.807, 2.05) is 0 Å². The van der Waals surface area contributed by atoms with E-state index in [2.05, 4.69) is 16.0 Å². The summed E-state index contributed by atoms with van der Waals surface area (Å²) in [5.74, 6) is -4.45. The van der Waals surface area contributed by atoms with Crippen LogP contribution >= 0.6 is 22.1 Å². The average Bonchev–Trinajstić information content (AvgIpc) is 2.80. The maximum Gasteiger partial charge on any atom is 0.329 e. The fourth-order valence-corrected chi connectivity index (χ4v) is 12.4. The Morgan fingerprint density at radius 2 is 0.484 bits per heavy atom. The van der Waals surface area contributed by atoms with Crippen LogP contribution in [0.1, 0.15) is 25.7 Å². The van der Waals surface area contributed by atoms with Crippen molar-refractivity contribution in [3.63, 3.8) is 0 Å². The molecule has 3 atom stereocenters. The van der Waals surface area contributed by atoms with Crippen molar-refractivity contribution in [2.24, 2.45) is 0 Å². The first-order chi connectivity index (χ1) is 43.7. The molecule has 0 aromatic carbocycles. The standard InChI is InChI=1S/C53H103N6O29P3/c60-48(54-5-15-76-19-23-80-27-26-79-22-18-75-14-1-51(63)64)2-40-89(69,70)45-57-8-10-58(46-90(71,72)41-3-49(61)55-6-16-77-20-24-81-28-30-83-32-34-85-36-38-87-43-52(65)66)12-13-59(11-9-57)47-91(73,74)42-4-50(62)56-7-17-78-21-25-82-29-31-84-33-35-86-37-39-88-44-53(67)68/h1-47H2,(H,54,60)(H,55,61)(H,56,62)(H,63,64)(H,65,66)(H,67,68)(H,69,70)(H,71,72)(H,73,74). The van der Waals surface area contributed by atoms with E-state index in [0.29, 0.717) is 72.7 Å². The first kappa shape index (κ1) is 85.7. The summed E-state index contributed by atoms with van der Waals surface area (Å²) in [6, 6.07) is 0. The van der Waals surface area contributed by atoms with Crippen LogP contribution in [0.2, 0.25) is 0 Å². The highest BCUT2D eigenvalue weighted by molar-refractivity contribution is 7.58. The minimum Gasteiger partial charge on any atom is -0.481 e. The van der Waals surface area contributed by atoms with Crippen LogP contribution in [0.25, 0.3) is 0 Å². The molecule has 0 radical (unpaired) electrons. The van der Waals surface area contributed by atoms with E-state index in [-0.39, 0.29) is 234 Å². The largest absolute Gasteiger partial charge is 0.481 e. The van der Waals surface area contributed by atoms with E-state index >= 15 is 0 Å². The molecule has 0 aromatic heterocycles. The van der Waals surface area contributed by atoms with Crippen LogP contribution in [-0.4, -0.2) is 362 Å². The van der Waals surface area contributed by atoms with Gasteiger partial charge in [0, 0.05) is 96.7 Å². The van der Waals surface area contributed by atoms with Crippen LogP contribution in [0, 0.1) is 0 Å². The maximum atomic E-state index is 13.6. The van der Waals surface area contributed by atoms with Crippen molar-refractivity contribution in [1.29, 1.82) is 0 Å². The second kappa shape index (κ2) is 57.0. The number of hydrogen-bond donors (Lipinski definition) is 9. The first-order valence-electron chi connectivity index (χ1n) is 30.3. The normalized spacial score (nSPS) is 15.6. The quantitative estimate of drug-likeness (QED) is 0.0235. The summed E-state index contributed by atoms with van der Waals surface area (Å²) < 4.78 is 115. The highest BCUT2D eigenvalue weighted by atomic mass is 31.2. The Kier molecular flexibility index (Phi) is 53.7. The summed E-state index contributed by atoms with van der Waals surface area (Å²) in [6.07, 6.45) is -2.94. The zero-order valence-electron chi connectivity index (χ0n) is 52.5. The Hall–Kier alpha value is -3.29. The van der Waals surface area contributed by atoms with Crippen molar-refractivity contribution >= 4 is 57.7 Å². The number of rotatable bonds is 64. The van der Waals surface area contributed by atoms with Gasteiger partial charge in [0.2, 0.25) is 39.8 Å². The average molecular weight is 1380 g/mol. The van der Waals surface area contributed by atoms with Gasteiger partial charge < -0.3 is 112 Å². The number of nitrogens with zero attached hydrogens (tertiary/aromatic N) is 3. The number of amides is 3. The molecule has 3 unspecified atom stereocenters. The Balaban J connectivity index is 2.62. The Bertz CT molecular complexity index is 1970. The molecule has 35 nitrogen and oxygen atoms in total. The molecule has 1 fully saturated rings. The van der Waals surface area contributed by atoms with Gasteiger partial charge in [-0.2, -0.15) is 0 Å². The van der Waals surface area contributed by atoms with Gasteiger partial charge in [-0.05, 0) is 0 Å². The first-order valence-corrected chi connectivity index (χ1v) is 36.4.